The number of aryl methyl sites for hydroxylation is 3. The molecule has 0 amide bonds. The normalized spacial score (nSPS) is 11.8. The second-order valence-electron chi connectivity index (χ2n) is 5.38. The fourth-order valence-electron chi connectivity index (χ4n) is 2.48. The molecule has 1 atom stereocenters. The third-order valence-corrected chi connectivity index (χ3v) is 3.76. The predicted molar refractivity (Wildman–Crippen MR) is 87.1 cm³/mol. The van der Waals surface area contributed by atoms with E-state index in [4.69, 9.17) is 6.42 Å². The molecule has 0 aliphatic heterocycles. The summed E-state index contributed by atoms with van der Waals surface area (Å²) in [6, 6.07) is 12.8. The van der Waals surface area contributed by atoms with Crippen molar-refractivity contribution in [3.63, 3.8) is 0 Å². The molecule has 1 N–H and O–H groups in total. The van der Waals surface area contributed by atoms with E-state index in [0.29, 0.717) is 0 Å². The van der Waals surface area contributed by atoms with Crippen LogP contribution in [-0.2, 0) is 0 Å². The molecule has 102 valence electrons. The van der Waals surface area contributed by atoms with Gasteiger partial charge in [-0.1, -0.05) is 24.1 Å². The number of hydrogen-bond donors (Lipinski definition) is 1. The first kappa shape index (κ1) is 14.2. The molecule has 1 nitrogen and oxygen atoms in total. The van der Waals surface area contributed by atoms with Gasteiger partial charge in [0.1, 0.15) is 0 Å². The third kappa shape index (κ3) is 3.03. The van der Waals surface area contributed by atoms with Crippen molar-refractivity contribution in [1.82, 2.24) is 0 Å². The maximum Gasteiger partial charge on any atom is 0.0488 e. The Bertz CT molecular complexity index is 662. The molecule has 0 spiro atoms. The molecule has 1 heteroatoms. The van der Waals surface area contributed by atoms with Gasteiger partial charge < -0.3 is 5.32 Å². The molecule has 0 radical (unpaired) electrons. The zero-order chi connectivity index (χ0) is 14.7. The summed E-state index contributed by atoms with van der Waals surface area (Å²) in [5.74, 6) is 2.67. The summed E-state index contributed by atoms with van der Waals surface area (Å²) >= 11 is 0. The maximum absolute atomic E-state index is 5.44. The lowest BCUT2D eigenvalue weighted by Gasteiger charge is -2.19. The average Bonchev–Trinajstić information content (AvgIpc) is 2.43. The largest absolute Gasteiger partial charge is 0.378 e. The van der Waals surface area contributed by atoms with Crippen molar-refractivity contribution in [2.45, 2.75) is 33.7 Å². The molecule has 0 aliphatic carbocycles. The van der Waals surface area contributed by atoms with E-state index < -0.39 is 0 Å². The van der Waals surface area contributed by atoms with Gasteiger partial charge in [0.25, 0.3) is 0 Å². The van der Waals surface area contributed by atoms with Crippen LogP contribution in [-0.4, -0.2) is 0 Å². The van der Waals surface area contributed by atoms with Crippen LogP contribution in [0.25, 0.3) is 0 Å². The molecule has 0 fully saturated rings. The molecule has 0 saturated carbocycles. The number of hydrogen-bond acceptors (Lipinski definition) is 1. The zero-order valence-electron chi connectivity index (χ0n) is 12.6. The second kappa shape index (κ2) is 5.84. The van der Waals surface area contributed by atoms with Crippen LogP contribution >= 0.6 is 0 Å². The average molecular weight is 263 g/mol. The zero-order valence-corrected chi connectivity index (χ0v) is 12.6. The topological polar surface area (TPSA) is 12.0 Å². The Balaban J connectivity index is 2.26. The van der Waals surface area contributed by atoms with Crippen LogP contribution < -0.4 is 5.32 Å². The summed E-state index contributed by atoms with van der Waals surface area (Å²) in [4.78, 5) is 0. The Morgan fingerprint density at radius 2 is 1.70 bits per heavy atom. The van der Waals surface area contributed by atoms with Crippen molar-refractivity contribution in [3.8, 4) is 12.3 Å². The van der Waals surface area contributed by atoms with Crippen molar-refractivity contribution >= 4 is 5.69 Å². The molecule has 2 aromatic rings. The molecule has 0 heterocycles. The van der Waals surface area contributed by atoms with Crippen LogP contribution in [0.1, 0.15) is 40.8 Å². The fraction of sp³-hybridized carbons (Fsp3) is 0.263. The number of rotatable bonds is 3. The molecule has 0 saturated heterocycles. The minimum Gasteiger partial charge on any atom is -0.378 e. The molecular formula is C19H21N. The number of anilines is 1. The van der Waals surface area contributed by atoms with E-state index >= 15 is 0 Å². The Hall–Kier alpha value is -2.20. The lowest BCUT2D eigenvalue weighted by atomic mass is 9.96. The summed E-state index contributed by atoms with van der Waals surface area (Å²) in [5, 5.41) is 3.52. The molecular weight excluding hydrogens is 242 g/mol. The smallest absolute Gasteiger partial charge is 0.0488 e. The summed E-state index contributed by atoms with van der Waals surface area (Å²) in [5.41, 5.74) is 7.29. The molecule has 0 aromatic heterocycles. The SMILES string of the molecule is C#Cc1cccc(NC(C)c2cc(C)c(C)cc2C)c1. The van der Waals surface area contributed by atoms with Crippen LogP contribution in [0.2, 0.25) is 0 Å². The van der Waals surface area contributed by atoms with Gasteiger partial charge in [0.2, 0.25) is 0 Å². The number of terminal acetylenes is 1. The van der Waals surface area contributed by atoms with Gasteiger partial charge in [-0.15, -0.1) is 6.42 Å². The monoisotopic (exact) mass is 263 g/mol. The maximum atomic E-state index is 5.44. The first-order valence-corrected chi connectivity index (χ1v) is 6.92. The molecule has 0 aliphatic rings. The molecule has 2 rings (SSSR count). The quantitative estimate of drug-likeness (QED) is 0.787. The van der Waals surface area contributed by atoms with Crippen LogP contribution in [0.4, 0.5) is 5.69 Å². The van der Waals surface area contributed by atoms with Gasteiger partial charge in [-0.3, -0.25) is 0 Å². The van der Waals surface area contributed by atoms with E-state index in [1.165, 1.54) is 22.3 Å². The number of benzene rings is 2. The fourth-order valence-corrected chi connectivity index (χ4v) is 2.48. The van der Waals surface area contributed by atoms with Gasteiger partial charge in [-0.2, -0.15) is 0 Å². The minimum absolute atomic E-state index is 0.252. The lowest BCUT2D eigenvalue weighted by Crippen LogP contribution is -2.09. The minimum atomic E-state index is 0.252. The highest BCUT2D eigenvalue weighted by atomic mass is 14.9. The van der Waals surface area contributed by atoms with E-state index in [9.17, 15) is 0 Å². The molecule has 1 unspecified atom stereocenters. The Kier molecular flexibility index (Phi) is 4.15. The predicted octanol–water partition coefficient (Wildman–Crippen LogP) is 4.77. The standard InChI is InChI=1S/C19H21N/c1-6-17-8-7-9-18(12-17)20-16(5)19-11-14(3)13(2)10-15(19)4/h1,7-12,16,20H,2-5H3. The Morgan fingerprint density at radius 3 is 2.40 bits per heavy atom. The Labute approximate surface area is 122 Å². The van der Waals surface area contributed by atoms with Gasteiger partial charge >= 0.3 is 0 Å². The van der Waals surface area contributed by atoms with E-state index in [-0.39, 0.29) is 6.04 Å². The van der Waals surface area contributed by atoms with Gasteiger partial charge in [-0.05, 0) is 68.1 Å². The van der Waals surface area contributed by atoms with Crippen LogP contribution in [0.15, 0.2) is 36.4 Å². The summed E-state index contributed by atoms with van der Waals surface area (Å²) in [6.45, 7) is 8.65. The van der Waals surface area contributed by atoms with E-state index in [1.807, 2.05) is 24.3 Å². The van der Waals surface area contributed by atoms with Crippen molar-refractivity contribution in [1.29, 1.82) is 0 Å². The summed E-state index contributed by atoms with van der Waals surface area (Å²) < 4.78 is 0. The first-order chi connectivity index (χ1) is 9.51. The van der Waals surface area contributed by atoms with E-state index in [0.717, 1.165) is 11.3 Å². The van der Waals surface area contributed by atoms with Crippen molar-refractivity contribution in [2.24, 2.45) is 0 Å². The molecule has 0 bridgehead atoms. The molecule has 2 aromatic carbocycles. The highest BCUT2D eigenvalue weighted by molar-refractivity contribution is 5.52. The summed E-state index contributed by atoms with van der Waals surface area (Å²) in [6.07, 6.45) is 5.44. The van der Waals surface area contributed by atoms with Gasteiger partial charge in [0.05, 0.1) is 0 Å². The first-order valence-electron chi connectivity index (χ1n) is 6.92. The second-order valence-corrected chi connectivity index (χ2v) is 5.38. The highest BCUT2D eigenvalue weighted by Gasteiger charge is 2.10. The van der Waals surface area contributed by atoms with Crippen molar-refractivity contribution < 1.29 is 0 Å². The van der Waals surface area contributed by atoms with E-state index in [2.05, 4.69) is 51.1 Å². The van der Waals surface area contributed by atoms with Crippen molar-refractivity contribution in [2.75, 3.05) is 5.32 Å². The molecule has 20 heavy (non-hydrogen) atoms. The highest BCUT2D eigenvalue weighted by Crippen LogP contribution is 2.25. The lowest BCUT2D eigenvalue weighted by molar-refractivity contribution is 0.870. The van der Waals surface area contributed by atoms with Crippen LogP contribution in [0, 0.1) is 33.1 Å². The van der Waals surface area contributed by atoms with Gasteiger partial charge in [0.15, 0.2) is 0 Å². The summed E-state index contributed by atoms with van der Waals surface area (Å²) in [7, 11) is 0. The third-order valence-electron chi connectivity index (χ3n) is 3.76. The van der Waals surface area contributed by atoms with Crippen LogP contribution in [0.5, 0.6) is 0 Å². The van der Waals surface area contributed by atoms with E-state index in [1.54, 1.807) is 0 Å². The van der Waals surface area contributed by atoms with Gasteiger partial charge in [0, 0.05) is 17.3 Å². The van der Waals surface area contributed by atoms with Gasteiger partial charge in [-0.25, -0.2) is 0 Å². The Morgan fingerprint density at radius 1 is 1.00 bits per heavy atom. The number of nitrogens with one attached hydrogen (secondary N) is 1. The van der Waals surface area contributed by atoms with Crippen molar-refractivity contribution in [3.05, 3.63) is 64.2 Å². The van der Waals surface area contributed by atoms with Crippen LogP contribution in [0.3, 0.4) is 0 Å².